The highest BCUT2D eigenvalue weighted by Crippen LogP contribution is 2.14. The van der Waals surface area contributed by atoms with Gasteiger partial charge >= 0.3 is 0 Å². The third-order valence-corrected chi connectivity index (χ3v) is 3.71. The average molecular weight is 232 g/mol. The van der Waals surface area contributed by atoms with E-state index in [2.05, 4.69) is 47.5 Å². The summed E-state index contributed by atoms with van der Waals surface area (Å²) in [5, 5.41) is 3.45. The van der Waals surface area contributed by atoms with Crippen molar-refractivity contribution in [1.29, 1.82) is 0 Å². The minimum Gasteiger partial charge on any atom is -0.316 e. The van der Waals surface area contributed by atoms with Crippen molar-refractivity contribution in [3.63, 3.8) is 0 Å². The van der Waals surface area contributed by atoms with Gasteiger partial charge in [0.05, 0.1) is 0 Å². The standard InChI is InChI=1S/C15H24N2/c1-2-17(11-9-14-8-10-16-12-14)13-15-6-4-3-5-7-15/h3-7,14,16H,2,8-13H2,1H3. The lowest BCUT2D eigenvalue weighted by molar-refractivity contribution is 0.258. The van der Waals surface area contributed by atoms with Crippen LogP contribution in [0.1, 0.15) is 25.3 Å². The Bertz CT molecular complexity index is 304. The molecule has 0 aliphatic carbocycles. The number of hydrogen-bond donors (Lipinski definition) is 1. The Morgan fingerprint density at radius 3 is 2.76 bits per heavy atom. The van der Waals surface area contributed by atoms with Crippen LogP contribution in [0.25, 0.3) is 0 Å². The van der Waals surface area contributed by atoms with Gasteiger partial charge in [-0.15, -0.1) is 0 Å². The second kappa shape index (κ2) is 6.77. The molecule has 1 aliphatic heterocycles. The molecule has 1 aliphatic rings. The fourth-order valence-corrected chi connectivity index (χ4v) is 2.52. The highest BCUT2D eigenvalue weighted by Gasteiger charge is 2.15. The molecule has 2 nitrogen and oxygen atoms in total. The third-order valence-electron chi connectivity index (χ3n) is 3.71. The van der Waals surface area contributed by atoms with Crippen molar-refractivity contribution in [2.75, 3.05) is 26.2 Å². The fraction of sp³-hybridized carbons (Fsp3) is 0.600. The lowest BCUT2D eigenvalue weighted by Crippen LogP contribution is -2.26. The van der Waals surface area contributed by atoms with E-state index in [4.69, 9.17) is 0 Å². The molecule has 0 amide bonds. The van der Waals surface area contributed by atoms with Gasteiger partial charge in [0.1, 0.15) is 0 Å². The SMILES string of the molecule is CCN(CCC1CCNC1)Cc1ccccc1. The monoisotopic (exact) mass is 232 g/mol. The van der Waals surface area contributed by atoms with Crippen LogP contribution in [0.5, 0.6) is 0 Å². The van der Waals surface area contributed by atoms with Crippen molar-refractivity contribution in [3.05, 3.63) is 35.9 Å². The Labute approximate surface area is 105 Å². The first-order valence-corrected chi connectivity index (χ1v) is 6.85. The molecule has 0 saturated carbocycles. The van der Waals surface area contributed by atoms with Gasteiger partial charge in [-0.1, -0.05) is 37.3 Å². The van der Waals surface area contributed by atoms with Gasteiger partial charge in [0, 0.05) is 6.54 Å². The summed E-state index contributed by atoms with van der Waals surface area (Å²) in [4.78, 5) is 2.55. The molecule has 1 fully saturated rings. The van der Waals surface area contributed by atoms with Crippen LogP contribution < -0.4 is 5.32 Å². The van der Waals surface area contributed by atoms with E-state index in [1.807, 2.05) is 0 Å². The van der Waals surface area contributed by atoms with E-state index in [1.54, 1.807) is 0 Å². The molecule has 0 spiro atoms. The smallest absolute Gasteiger partial charge is 0.0233 e. The van der Waals surface area contributed by atoms with Crippen molar-refractivity contribution in [2.24, 2.45) is 5.92 Å². The van der Waals surface area contributed by atoms with E-state index in [-0.39, 0.29) is 0 Å². The first-order valence-electron chi connectivity index (χ1n) is 6.85. The summed E-state index contributed by atoms with van der Waals surface area (Å²) in [5.74, 6) is 0.903. The molecule has 1 aromatic rings. The van der Waals surface area contributed by atoms with E-state index in [0.29, 0.717) is 0 Å². The first-order chi connectivity index (χ1) is 8.38. The van der Waals surface area contributed by atoms with Crippen LogP contribution in [0.2, 0.25) is 0 Å². The van der Waals surface area contributed by atoms with Gasteiger partial charge in [-0.25, -0.2) is 0 Å². The second-order valence-corrected chi connectivity index (χ2v) is 5.00. The molecule has 2 rings (SSSR count). The van der Waals surface area contributed by atoms with E-state index in [9.17, 15) is 0 Å². The summed E-state index contributed by atoms with van der Waals surface area (Å²) in [6, 6.07) is 10.8. The Morgan fingerprint density at radius 1 is 1.29 bits per heavy atom. The van der Waals surface area contributed by atoms with Crippen molar-refractivity contribution >= 4 is 0 Å². The molecule has 0 bridgehead atoms. The summed E-state index contributed by atoms with van der Waals surface area (Å²) < 4.78 is 0. The molecular weight excluding hydrogens is 208 g/mol. The molecule has 1 heterocycles. The van der Waals surface area contributed by atoms with Crippen molar-refractivity contribution in [3.8, 4) is 0 Å². The Hall–Kier alpha value is -0.860. The number of rotatable bonds is 6. The third kappa shape index (κ3) is 4.14. The van der Waals surface area contributed by atoms with Gasteiger partial charge in [-0.05, 0) is 50.5 Å². The van der Waals surface area contributed by atoms with Gasteiger partial charge in [-0.2, -0.15) is 0 Å². The molecule has 17 heavy (non-hydrogen) atoms. The number of nitrogens with one attached hydrogen (secondary N) is 1. The zero-order valence-corrected chi connectivity index (χ0v) is 10.9. The Morgan fingerprint density at radius 2 is 2.12 bits per heavy atom. The van der Waals surface area contributed by atoms with Crippen molar-refractivity contribution < 1.29 is 0 Å². The van der Waals surface area contributed by atoms with Gasteiger partial charge in [0.25, 0.3) is 0 Å². The fourth-order valence-electron chi connectivity index (χ4n) is 2.52. The highest BCUT2D eigenvalue weighted by atomic mass is 15.1. The first kappa shape index (κ1) is 12.6. The van der Waals surface area contributed by atoms with Crippen LogP contribution in [-0.4, -0.2) is 31.1 Å². The lowest BCUT2D eigenvalue weighted by atomic mass is 10.0. The maximum atomic E-state index is 3.45. The number of benzene rings is 1. The number of nitrogens with zero attached hydrogens (tertiary/aromatic N) is 1. The molecule has 0 aromatic heterocycles. The van der Waals surface area contributed by atoms with Crippen LogP contribution in [-0.2, 0) is 6.54 Å². The summed E-state index contributed by atoms with van der Waals surface area (Å²) in [7, 11) is 0. The lowest BCUT2D eigenvalue weighted by Gasteiger charge is -2.22. The minimum atomic E-state index is 0.903. The van der Waals surface area contributed by atoms with E-state index < -0.39 is 0 Å². The summed E-state index contributed by atoms with van der Waals surface area (Å²) in [5.41, 5.74) is 1.43. The zero-order valence-electron chi connectivity index (χ0n) is 10.9. The number of hydrogen-bond acceptors (Lipinski definition) is 2. The molecule has 1 aromatic carbocycles. The van der Waals surface area contributed by atoms with Crippen LogP contribution in [0, 0.1) is 5.92 Å². The average Bonchev–Trinajstić information content (AvgIpc) is 2.89. The van der Waals surface area contributed by atoms with Crippen molar-refractivity contribution in [1.82, 2.24) is 10.2 Å². The highest BCUT2D eigenvalue weighted by molar-refractivity contribution is 5.14. The normalized spacial score (nSPS) is 20.0. The summed E-state index contributed by atoms with van der Waals surface area (Å²) >= 11 is 0. The molecular formula is C15H24N2. The second-order valence-electron chi connectivity index (χ2n) is 5.00. The largest absolute Gasteiger partial charge is 0.316 e. The van der Waals surface area contributed by atoms with Crippen LogP contribution in [0.4, 0.5) is 0 Å². The van der Waals surface area contributed by atoms with E-state index in [1.165, 1.54) is 38.0 Å². The molecule has 1 saturated heterocycles. The predicted molar refractivity (Wildman–Crippen MR) is 73.0 cm³/mol. The van der Waals surface area contributed by atoms with Crippen LogP contribution in [0.3, 0.4) is 0 Å². The van der Waals surface area contributed by atoms with E-state index >= 15 is 0 Å². The van der Waals surface area contributed by atoms with Crippen LogP contribution in [0.15, 0.2) is 30.3 Å². The molecule has 94 valence electrons. The predicted octanol–water partition coefficient (Wildman–Crippen LogP) is 2.51. The van der Waals surface area contributed by atoms with Gasteiger partial charge in [0.2, 0.25) is 0 Å². The van der Waals surface area contributed by atoms with Crippen LogP contribution >= 0.6 is 0 Å². The summed E-state index contributed by atoms with van der Waals surface area (Å²) in [6.45, 7) is 8.18. The molecule has 2 heteroatoms. The molecule has 1 N–H and O–H groups in total. The Kier molecular flexibility index (Phi) is 5.02. The summed E-state index contributed by atoms with van der Waals surface area (Å²) in [6.07, 6.45) is 2.70. The molecule has 0 radical (unpaired) electrons. The van der Waals surface area contributed by atoms with E-state index in [0.717, 1.165) is 19.0 Å². The van der Waals surface area contributed by atoms with Gasteiger partial charge in [0.15, 0.2) is 0 Å². The van der Waals surface area contributed by atoms with Crippen molar-refractivity contribution in [2.45, 2.75) is 26.3 Å². The maximum absolute atomic E-state index is 3.45. The molecule has 1 unspecified atom stereocenters. The zero-order chi connectivity index (χ0) is 11.9. The minimum absolute atomic E-state index is 0.903. The maximum Gasteiger partial charge on any atom is 0.0233 e. The topological polar surface area (TPSA) is 15.3 Å². The Balaban J connectivity index is 1.76. The molecule has 1 atom stereocenters. The quantitative estimate of drug-likeness (QED) is 0.810. The van der Waals surface area contributed by atoms with Gasteiger partial charge < -0.3 is 5.32 Å². The van der Waals surface area contributed by atoms with Gasteiger partial charge in [-0.3, -0.25) is 4.90 Å².